The van der Waals surface area contributed by atoms with Gasteiger partial charge in [0.15, 0.2) is 0 Å². The number of aliphatic hydroxyl groups excluding tert-OH is 1. The Kier molecular flexibility index (Phi) is 6.82. The lowest BCUT2D eigenvalue weighted by atomic mass is 10.1. The van der Waals surface area contributed by atoms with E-state index in [9.17, 15) is 4.79 Å². The van der Waals surface area contributed by atoms with Crippen LogP contribution in [-0.2, 0) is 4.79 Å². The Morgan fingerprint density at radius 1 is 1.38 bits per heavy atom. The summed E-state index contributed by atoms with van der Waals surface area (Å²) in [6, 6.07) is 0. The zero-order valence-electron chi connectivity index (χ0n) is 8.92. The highest BCUT2D eigenvalue weighted by molar-refractivity contribution is 5.82. The Morgan fingerprint density at radius 3 is 2.38 bits per heavy atom. The van der Waals surface area contributed by atoms with Crippen molar-refractivity contribution < 1.29 is 9.90 Å². The minimum absolute atomic E-state index is 0.0954. The Morgan fingerprint density at radius 2 is 2.00 bits per heavy atom. The molecule has 0 aromatic heterocycles. The van der Waals surface area contributed by atoms with Crippen LogP contribution in [0.2, 0.25) is 0 Å². The van der Waals surface area contributed by atoms with Gasteiger partial charge >= 0.3 is 0 Å². The summed E-state index contributed by atoms with van der Waals surface area (Å²) in [6.45, 7) is 7.99. The summed E-state index contributed by atoms with van der Waals surface area (Å²) in [6.07, 6.45) is 1.02. The molecule has 0 saturated carbocycles. The molecule has 0 heterocycles. The molecule has 0 spiro atoms. The normalized spacial score (nSPS) is 11.2. The van der Waals surface area contributed by atoms with Gasteiger partial charge in [0, 0.05) is 12.5 Å². The molecule has 0 fully saturated rings. The molecule has 1 N–H and O–H groups in total. The number of carbonyl (C=O) groups is 1. The Bertz CT molecular complexity index is 140. The number of hydrogen-bond acceptors (Lipinski definition) is 3. The Balaban J connectivity index is 3.86. The highest BCUT2D eigenvalue weighted by Gasteiger charge is 2.12. The monoisotopic (exact) mass is 187 g/mol. The highest BCUT2D eigenvalue weighted by atomic mass is 16.3. The van der Waals surface area contributed by atoms with E-state index in [4.69, 9.17) is 5.11 Å². The number of aliphatic hydroxyl groups is 1. The van der Waals surface area contributed by atoms with Gasteiger partial charge in [0.1, 0.15) is 5.78 Å². The molecule has 0 saturated heterocycles. The van der Waals surface area contributed by atoms with Gasteiger partial charge in [-0.15, -0.1) is 0 Å². The van der Waals surface area contributed by atoms with E-state index in [2.05, 4.69) is 6.92 Å². The molecule has 0 unspecified atom stereocenters. The number of ketones is 1. The first kappa shape index (κ1) is 12.6. The Labute approximate surface area is 80.7 Å². The second kappa shape index (κ2) is 7.04. The van der Waals surface area contributed by atoms with Gasteiger partial charge < -0.3 is 5.11 Å². The molecule has 78 valence electrons. The van der Waals surface area contributed by atoms with Crippen LogP contribution < -0.4 is 0 Å². The number of hydrogen-bond donors (Lipinski definition) is 1. The van der Waals surface area contributed by atoms with E-state index in [-0.39, 0.29) is 18.3 Å². The van der Waals surface area contributed by atoms with Crippen molar-refractivity contribution in [2.24, 2.45) is 5.92 Å². The van der Waals surface area contributed by atoms with Crippen molar-refractivity contribution in [3.8, 4) is 0 Å². The van der Waals surface area contributed by atoms with Gasteiger partial charge in [-0.2, -0.15) is 0 Å². The molecule has 0 amide bonds. The molecule has 3 heteroatoms. The van der Waals surface area contributed by atoms with Gasteiger partial charge in [0.25, 0.3) is 0 Å². The van der Waals surface area contributed by atoms with Crippen LogP contribution in [0.3, 0.4) is 0 Å². The Hall–Kier alpha value is -0.410. The summed E-state index contributed by atoms with van der Waals surface area (Å²) in [5.74, 6) is 0.347. The molecule has 13 heavy (non-hydrogen) atoms. The van der Waals surface area contributed by atoms with E-state index in [1.54, 1.807) is 0 Å². The minimum Gasteiger partial charge on any atom is -0.395 e. The molecule has 0 aliphatic carbocycles. The third kappa shape index (κ3) is 5.77. The van der Waals surface area contributed by atoms with Crippen molar-refractivity contribution in [1.29, 1.82) is 0 Å². The summed E-state index contributed by atoms with van der Waals surface area (Å²) >= 11 is 0. The van der Waals surface area contributed by atoms with Crippen LogP contribution >= 0.6 is 0 Å². The summed E-state index contributed by atoms with van der Waals surface area (Å²) in [7, 11) is 0. The zero-order valence-corrected chi connectivity index (χ0v) is 8.92. The fourth-order valence-electron chi connectivity index (χ4n) is 1.13. The van der Waals surface area contributed by atoms with Gasteiger partial charge in [-0.3, -0.25) is 9.69 Å². The average Bonchev–Trinajstić information content (AvgIpc) is 2.05. The predicted octanol–water partition coefficient (Wildman–Crippen LogP) is 0.916. The highest BCUT2D eigenvalue weighted by Crippen LogP contribution is 1.98. The van der Waals surface area contributed by atoms with Crippen LogP contribution in [0, 0.1) is 5.92 Å². The van der Waals surface area contributed by atoms with E-state index in [0.717, 1.165) is 13.0 Å². The molecular weight excluding hydrogens is 166 g/mol. The summed E-state index contributed by atoms with van der Waals surface area (Å²) in [4.78, 5) is 13.4. The van der Waals surface area contributed by atoms with E-state index in [1.165, 1.54) is 0 Å². The summed E-state index contributed by atoms with van der Waals surface area (Å²) in [5, 5.41) is 8.76. The minimum atomic E-state index is 0.0954. The first-order chi connectivity index (χ1) is 6.11. The largest absolute Gasteiger partial charge is 0.395 e. The lowest BCUT2D eigenvalue weighted by molar-refractivity contribution is -0.123. The van der Waals surface area contributed by atoms with Crippen LogP contribution in [0.15, 0.2) is 0 Å². The van der Waals surface area contributed by atoms with Crippen molar-refractivity contribution in [3.05, 3.63) is 0 Å². The van der Waals surface area contributed by atoms with Gasteiger partial charge in [-0.1, -0.05) is 20.8 Å². The van der Waals surface area contributed by atoms with Crippen molar-refractivity contribution in [2.45, 2.75) is 27.2 Å². The van der Waals surface area contributed by atoms with Crippen molar-refractivity contribution in [3.63, 3.8) is 0 Å². The second-order valence-electron chi connectivity index (χ2n) is 3.62. The van der Waals surface area contributed by atoms with E-state index < -0.39 is 0 Å². The van der Waals surface area contributed by atoms with Crippen LogP contribution in [-0.4, -0.2) is 42.0 Å². The molecule has 0 atom stereocenters. The van der Waals surface area contributed by atoms with E-state index >= 15 is 0 Å². The fraction of sp³-hybridized carbons (Fsp3) is 0.900. The van der Waals surface area contributed by atoms with Crippen molar-refractivity contribution in [1.82, 2.24) is 4.90 Å². The van der Waals surface area contributed by atoms with Gasteiger partial charge in [0.05, 0.1) is 13.2 Å². The van der Waals surface area contributed by atoms with Gasteiger partial charge in [0.2, 0.25) is 0 Å². The quantitative estimate of drug-likeness (QED) is 0.644. The van der Waals surface area contributed by atoms with Crippen LogP contribution in [0.5, 0.6) is 0 Å². The molecular formula is C10H21NO2. The second-order valence-corrected chi connectivity index (χ2v) is 3.62. The number of Topliss-reactive ketones (excluding diaryl/α,β-unsaturated/α-hetero) is 1. The maximum Gasteiger partial charge on any atom is 0.149 e. The molecule has 0 bridgehead atoms. The standard InChI is InChI=1S/C10H21NO2/c1-4-5-11(6-7-12)8-10(13)9(2)3/h9,12H,4-8H2,1-3H3. The molecule has 0 aliphatic heterocycles. The van der Waals surface area contributed by atoms with E-state index in [1.807, 2.05) is 18.7 Å². The maximum atomic E-state index is 11.4. The van der Waals surface area contributed by atoms with Gasteiger partial charge in [-0.25, -0.2) is 0 Å². The number of carbonyl (C=O) groups excluding carboxylic acids is 1. The van der Waals surface area contributed by atoms with E-state index in [0.29, 0.717) is 13.1 Å². The van der Waals surface area contributed by atoms with Crippen LogP contribution in [0.1, 0.15) is 27.2 Å². The third-order valence-corrected chi connectivity index (χ3v) is 1.98. The predicted molar refractivity (Wildman–Crippen MR) is 53.7 cm³/mol. The molecule has 0 aliphatic rings. The summed E-state index contributed by atoms with van der Waals surface area (Å²) < 4.78 is 0. The van der Waals surface area contributed by atoms with Crippen molar-refractivity contribution >= 4 is 5.78 Å². The molecule has 0 aromatic carbocycles. The molecule has 0 rings (SSSR count). The number of nitrogens with zero attached hydrogens (tertiary/aromatic N) is 1. The SMILES string of the molecule is CCCN(CCO)CC(=O)C(C)C. The first-order valence-electron chi connectivity index (χ1n) is 4.97. The lowest BCUT2D eigenvalue weighted by Gasteiger charge is -2.20. The molecule has 3 nitrogen and oxygen atoms in total. The molecule has 0 aromatic rings. The topological polar surface area (TPSA) is 40.5 Å². The van der Waals surface area contributed by atoms with Crippen LogP contribution in [0.25, 0.3) is 0 Å². The molecule has 0 radical (unpaired) electrons. The average molecular weight is 187 g/mol. The smallest absolute Gasteiger partial charge is 0.149 e. The lowest BCUT2D eigenvalue weighted by Crippen LogP contribution is -2.34. The summed E-state index contributed by atoms with van der Waals surface area (Å²) in [5.41, 5.74) is 0. The van der Waals surface area contributed by atoms with Gasteiger partial charge in [-0.05, 0) is 13.0 Å². The fourth-order valence-corrected chi connectivity index (χ4v) is 1.13. The van der Waals surface area contributed by atoms with Crippen molar-refractivity contribution in [2.75, 3.05) is 26.2 Å². The maximum absolute atomic E-state index is 11.4. The van der Waals surface area contributed by atoms with Crippen LogP contribution in [0.4, 0.5) is 0 Å². The first-order valence-corrected chi connectivity index (χ1v) is 4.97. The zero-order chi connectivity index (χ0) is 10.3. The third-order valence-electron chi connectivity index (χ3n) is 1.98. The number of rotatable bonds is 7.